The lowest BCUT2D eigenvalue weighted by molar-refractivity contribution is -0.146. The number of hydrogen-bond acceptors (Lipinski definition) is 30. The number of aliphatic hydroxyl groups excluding tert-OH is 2. The first kappa shape index (κ1) is 65.0. The van der Waals surface area contributed by atoms with Crippen LogP contribution in [0.5, 0.6) is 0 Å². The van der Waals surface area contributed by atoms with E-state index in [1.165, 1.54) is 54.7 Å². The molecule has 44 heteroatoms. The minimum Gasteiger partial charge on any atom is -0.398 e. The zero-order chi connectivity index (χ0) is 60.9. The SMILES string of the molecule is CO/N=C(/C(=O)N[C@@H]1C(=O)N2C(C(=O)SCCNC(=O)CCNC(=O)C(O)C(C)(C)COP(=O)(O)OP(=O)(O)OCC3OC(n4cnc5c(N)ncnc54)C(O)C3OP(=O)(O)O)=C(CSc3nc(=O)c(=O)[nH]n3C)CS[C@H]12)c1csc(N)n1. The van der Waals surface area contributed by atoms with Gasteiger partial charge in [-0.3, -0.25) is 66.4 Å². The number of aromatic amines is 1. The van der Waals surface area contributed by atoms with Crippen molar-refractivity contribution in [2.75, 3.05) is 62.1 Å². The maximum atomic E-state index is 14.0. The van der Waals surface area contributed by atoms with Gasteiger partial charge in [0.1, 0.15) is 66.2 Å². The zero-order valence-electron chi connectivity index (χ0n) is 43.3. The average Bonchev–Trinajstić information content (AvgIpc) is 3.96. The lowest BCUT2D eigenvalue weighted by Crippen LogP contribution is -2.71. The van der Waals surface area contributed by atoms with Crippen LogP contribution in [-0.2, 0) is 72.2 Å². The molecule has 0 spiro atoms. The molecule has 7 heterocycles. The summed E-state index contributed by atoms with van der Waals surface area (Å²) in [5.41, 5.74) is 8.14. The number of amides is 4. The Bertz CT molecular complexity index is 3490. The van der Waals surface area contributed by atoms with Crippen molar-refractivity contribution in [2.45, 2.75) is 67.5 Å². The number of nitrogens with zero attached hydrogens (tertiary/aromatic N) is 9. The lowest BCUT2D eigenvalue weighted by Gasteiger charge is -2.50. The molecule has 2 saturated heterocycles. The highest BCUT2D eigenvalue weighted by atomic mass is 32.2. The summed E-state index contributed by atoms with van der Waals surface area (Å²) in [4.78, 5) is 156. The van der Waals surface area contributed by atoms with Gasteiger partial charge in [0.15, 0.2) is 33.7 Å². The molecule has 0 aromatic carbocycles. The molecule has 7 unspecified atom stereocenters. The van der Waals surface area contributed by atoms with Crippen molar-refractivity contribution in [2.24, 2.45) is 17.6 Å². The number of H-pyrrole nitrogens is 1. The standard InChI is InChI=1S/C39H52N15O22P3S4/c1-39(2,13-73-79(69,70)76-78(67,68)72-9-18-25(75-77(64,65)66)24(56)34(74-18)53-15-46-21-27(40)44-14-45-28(21)53)26(57)30(59)43-6-5-19(55)42-7-8-80-36(63)23-16(11-83-38-49-31(60)32(61)50-52(38)3)10-81-35-22(33(62)54(23)35)48-29(58)20(51-71-4)17-12-82-37(41)47-17/h12,14-15,18,22,24-26,34-35,56-57H,5-11,13H2,1-4H3,(H2,41,47)(H,42,55)(H,43,59)(H,48,58)(H,50,61)(H,67,68)(H,69,70)(H2,40,44,45)(H2,64,65,66)/b51-20+/t18?,22-,24?,25?,26?,34?,35-/m1/s1. The highest BCUT2D eigenvalue weighted by Crippen LogP contribution is 2.61. The van der Waals surface area contributed by atoms with E-state index >= 15 is 0 Å². The molecular weight excluding hydrogens is 1250 g/mol. The van der Waals surface area contributed by atoms with E-state index in [0.717, 1.165) is 52.1 Å². The largest absolute Gasteiger partial charge is 0.481 e. The van der Waals surface area contributed by atoms with E-state index in [1.807, 2.05) is 0 Å². The number of thiazole rings is 1. The minimum absolute atomic E-state index is 0.00143. The number of anilines is 2. The molecule has 0 radical (unpaired) electrons. The third-order valence-corrected chi connectivity index (χ3v) is 18.8. The number of nitrogen functional groups attached to an aromatic ring is 2. The summed E-state index contributed by atoms with van der Waals surface area (Å²) in [6.07, 6.45) is -7.46. The molecule has 454 valence electrons. The number of aliphatic hydroxyl groups is 2. The van der Waals surface area contributed by atoms with Gasteiger partial charge < -0.3 is 66.8 Å². The summed E-state index contributed by atoms with van der Waals surface area (Å²) >= 11 is 4.04. The van der Waals surface area contributed by atoms with Crippen molar-refractivity contribution >= 4 is 127 Å². The molecule has 83 heavy (non-hydrogen) atoms. The van der Waals surface area contributed by atoms with Crippen LogP contribution in [0.2, 0.25) is 0 Å². The van der Waals surface area contributed by atoms with E-state index in [9.17, 15) is 77.0 Å². The molecule has 4 aromatic heterocycles. The van der Waals surface area contributed by atoms with Gasteiger partial charge in [0.2, 0.25) is 16.9 Å². The van der Waals surface area contributed by atoms with Crippen LogP contribution < -0.4 is 38.5 Å². The number of rotatable bonds is 27. The second kappa shape index (κ2) is 26.8. The van der Waals surface area contributed by atoms with Gasteiger partial charge in [-0.05, 0) is 5.57 Å². The summed E-state index contributed by atoms with van der Waals surface area (Å²) in [7, 11) is -14.0. The van der Waals surface area contributed by atoms with Crippen molar-refractivity contribution in [3.8, 4) is 0 Å². The Labute approximate surface area is 482 Å². The first-order valence-corrected chi connectivity index (χ1v) is 32.0. The molecule has 9 atom stereocenters. The number of nitrogens with one attached hydrogen (secondary N) is 4. The van der Waals surface area contributed by atoms with Crippen LogP contribution in [-0.4, -0.2) is 195 Å². The summed E-state index contributed by atoms with van der Waals surface area (Å²) in [5, 5.41) is 35.7. The number of carbonyl (C=O) groups excluding carboxylic acids is 5. The van der Waals surface area contributed by atoms with Gasteiger partial charge in [-0.2, -0.15) is 9.29 Å². The topological polar surface area (TPSA) is 541 Å². The van der Waals surface area contributed by atoms with Crippen molar-refractivity contribution in [3.05, 3.63) is 55.7 Å². The number of fused-ring (bicyclic) bond motifs is 2. The molecule has 0 aliphatic carbocycles. The van der Waals surface area contributed by atoms with Crippen LogP contribution in [0.4, 0.5) is 10.9 Å². The molecular formula is C39H52N15O22P3S4. The molecule has 0 bridgehead atoms. The Morgan fingerprint density at radius 3 is 2.45 bits per heavy atom. The van der Waals surface area contributed by atoms with Crippen LogP contribution in [0.1, 0.15) is 32.2 Å². The second-order valence-corrected chi connectivity index (χ2v) is 26.4. The van der Waals surface area contributed by atoms with E-state index in [4.69, 9.17) is 30.1 Å². The monoisotopic (exact) mass is 1300 g/mol. The first-order chi connectivity index (χ1) is 38.9. The van der Waals surface area contributed by atoms with Crippen LogP contribution in [0.25, 0.3) is 11.2 Å². The fraction of sp³-hybridized carbons (Fsp3) is 0.513. The number of carbonyl (C=O) groups is 5. The Morgan fingerprint density at radius 1 is 1.04 bits per heavy atom. The van der Waals surface area contributed by atoms with Gasteiger partial charge >= 0.3 is 34.6 Å². The second-order valence-electron chi connectivity index (χ2n) is 18.2. The van der Waals surface area contributed by atoms with E-state index in [-0.39, 0.29) is 81.1 Å². The number of ether oxygens (including phenoxy) is 1. The fourth-order valence-electron chi connectivity index (χ4n) is 7.77. The number of nitrogens with two attached hydrogens (primary N) is 2. The summed E-state index contributed by atoms with van der Waals surface area (Å²) in [6.45, 7) is -0.209. The number of phosphoric acid groups is 3. The molecule has 7 rings (SSSR count). The van der Waals surface area contributed by atoms with Gasteiger partial charge in [-0.25, -0.2) is 33.6 Å². The van der Waals surface area contributed by atoms with E-state index in [1.54, 1.807) is 0 Å². The predicted molar refractivity (Wildman–Crippen MR) is 290 cm³/mol. The van der Waals surface area contributed by atoms with Crippen LogP contribution in [0.15, 0.2) is 49.2 Å². The highest BCUT2D eigenvalue weighted by Gasteiger charge is 2.55. The summed E-state index contributed by atoms with van der Waals surface area (Å²) < 4.78 is 64.0. The maximum absolute atomic E-state index is 14.0. The Kier molecular flexibility index (Phi) is 21.0. The van der Waals surface area contributed by atoms with Crippen molar-refractivity contribution in [1.82, 2.24) is 60.1 Å². The van der Waals surface area contributed by atoms with Crippen LogP contribution in [0, 0.1) is 5.41 Å². The molecule has 3 aliphatic heterocycles. The van der Waals surface area contributed by atoms with Gasteiger partial charge in [-0.15, -0.1) is 23.1 Å². The van der Waals surface area contributed by atoms with Gasteiger partial charge in [-0.1, -0.05) is 42.5 Å². The highest BCUT2D eigenvalue weighted by molar-refractivity contribution is 8.14. The Balaban J connectivity index is 0.869. The van der Waals surface area contributed by atoms with Gasteiger partial charge in [0, 0.05) is 54.6 Å². The minimum atomic E-state index is -5.66. The molecule has 4 amide bonds. The number of aromatic nitrogens is 8. The van der Waals surface area contributed by atoms with Gasteiger partial charge in [0.05, 0.1) is 19.5 Å². The molecule has 4 aromatic rings. The number of phosphoric ester groups is 3. The predicted octanol–water partition coefficient (Wildman–Crippen LogP) is -3.02. The van der Waals surface area contributed by atoms with E-state index in [0.29, 0.717) is 5.57 Å². The molecule has 0 saturated carbocycles. The van der Waals surface area contributed by atoms with Crippen LogP contribution in [0.3, 0.4) is 0 Å². The molecule has 14 N–H and O–H groups in total. The lowest BCUT2D eigenvalue weighted by atomic mass is 9.87. The number of aryl methyl sites for hydroxylation is 1. The first-order valence-electron chi connectivity index (χ1n) is 23.6. The third-order valence-electron chi connectivity index (χ3n) is 11.7. The number of β-lactam (4-membered cyclic amide) rings is 1. The normalized spacial score (nSPS) is 22.1. The number of hydrogen-bond donors (Lipinski definition) is 12. The zero-order valence-corrected chi connectivity index (χ0v) is 49.2. The number of thioether (sulfide) groups is 3. The van der Waals surface area contributed by atoms with Gasteiger partial charge in [0.25, 0.3) is 11.8 Å². The van der Waals surface area contributed by atoms with Crippen molar-refractivity contribution < 1.29 is 94.9 Å². The molecule has 2 fully saturated rings. The summed E-state index contributed by atoms with van der Waals surface area (Å²) in [5.74, 6) is -3.04. The Morgan fingerprint density at radius 2 is 1.76 bits per heavy atom. The Hall–Kier alpha value is -5.55. The third kappa shape index (κ3) is 16.1. The molecule has 37 nitrogen and oxygen atoms in total. The molecule has 3 aliphatic rings. The van der Waals surface area contributed by atoms with E-state index in [2.05, 4.69) is 60.0 Å². The number of oxime groups is 1. The van der Waals surface area contributed by atoms with Crippen molar-refractivity contribution in [1.29, 1.82) is 0 Å². The fourth-order valence-corrected chi connectivity index (χ4v) is 14.3. The summed E-state index contributed by atoms with van der Waals surface area (Å²) in [6, 6.07) is -1.11. The van der Waals surface area contributed by atoms with Crippen LogP contribution >= 0.6 is 70.1 Å². The maximum Gasteiger partial charge on any atom is 0.481 e. The smallest absolute Gasteiger partial charge is 0.398 e. The van der Waals surface area contributed by atoms with Crippen molar-refractivity contribution in [3.63, 3.8) is 0 Å². The van der Waals surface area contributed by atoms with E-state index < -0.39 is 124 Å². The number of imidazole rings is 1. The average molecular weight is 1300 g/mol. The quantitative estimate of drug-likeness (QED) is 0.00538.